The first kappa shape index (κ1) is 34.5. The minimum Gasteiger partial charge on any atom is -0.458 e. The highest BCUT2D eigenvalue weighted by molar-refractivity contribution is 5.91. The second-order valence-electron chi connectivity index (χ2n) is 11.2. The van der Waals surface area contributed by atoms with E-state index in [-0.39, 0.29) is 11.6 Å². The second kappa shape index (κ2) is 16.8. The quantitative estimate of drug-likeness (QED) is 0.110. The molecule has 8 heteroatoms. The first-order chi connectivity index (χ1) is 22.6. The van der Waals surface area contributed by atoms with Crippen molar-refractivity contribution in [2.24, 2.45) is 0 Å². The molecule has 0 aliphatic rings. The summed E-state index contributed by atoms with van der Waals surface area (Å²) in [6, 6.07) is 36.5. The van der Waals surface area contributed by atoms with Gasteiger partial charge in [-0.1, -0.05) is 121 Å². The number of esters is 3. The number of hydrogen-bond acceptors (Lipinski definition) is 8. The second-order valence-corrected chi connectivity index (χ2v) is 11.2. The van der Waals surface area contributed by atoms with Crippen molar-refractivity contribution in [1.82, 2.24) is 0 Å². The molecule has 1 unspecified atom stereocenters. The molecule has 4 rings (SSSR count). The molecule has 4 aromatic rings. The van der Waals surface area contributed by atoms with Crippen molar-refractivity contribution in [3.8, 4) is 0 Å². The molecular formula is C39H38O8. The van der Waals surface area contributed by atoms with Gasteiger partial charge in [0.25, 0.3) is 0 Å². The lowest BCUT2D eigenvalue weighted by atomic mass is 9.83. The topological polar surface area (TPSA) is 113 Å². The molecule has 0 saturated carbocycles. The van der Waals surface area contributed by atoms with Crippen molar-refractivity contribution < 1.29 is 38.2 Å². The summed E-state index contributed by atoms with van der Waals surface area (Å²) in [7, 11) is 0. The van der Waals surface area contributed by atoms with Crippen LogP contribution in [0.4, 0.5) is 0 Å². The first-order valence-electron chi connectivity index (χ1n) is 15.4. The van der Waals surface area contributed by atoms with Gasteiger partial charge in [-0.3, -0.25) is 24.0 Å². The first-order valence-corrected chi connectivity index (χ1v) is 15.4. The van der Waals surface area contributed by atoms with E-state index in [0.29, 0.717) is 0 Å². The normalized spacial score (nSPS) is 12.9. The Kier molecular flexibility index (Phi) is 12.3. The Labute approximate surface area is 274 Å². The van der Waals surface area contributed by atoms with Crippen molar-refractivity contribution in [2.75, 3.05) is 0 Å². The van der Waals surface area contributed by atoms with E-state index in [0.717, 1.165) is 29.2 Å². The molecule has 47 heavy (non-hydrogen) atoms. The van der Waals surface area contributed by atoms with Crippen molar-refractivity contribution in [1.29, 1.82) is 0 Å². The molecule has 0 heterocycles. The van der Waals surface area contributed by atoms with Crippen LogP contribution < -0.4 is 0 Å². The van der Waals surface area contributed by atoms with Gasteiger partial charge in [0, 0.05) is 33.6 Å². The highest BCUT2D eigenvalue weighted by Crippen LogP contribution is 2.32. The molecule has 0 N–H and O–H groups in total. The fourth-order valence-electron chi connectivity index (χ4n) is 5.80. The largest absolute Gasteiger partial charge is 0.458 e. The summed E-state index contributed by atoms with van der Waals surface area (Å²) in [5.41, 5.74) is 2.87. The summed E-state index contributed by atoms with van der Waals surface area (Å²) in [6.07, 6.45) is -4.99. The van der Waals surface area contributed by atoms with Crippen LogP contribution in [0.3, 0.4) is 0 Å². The van der Waals surface area contributed by atoms with Crippen LogP contribution in [0.1, 0.15) is 67.7 Å². The van der Waals surface area contributed by atoms with E-state index in [1.54, 1.807) is 0 Å². The number of rotatable bonds is 15. The van der Waals surface area contributed by atoms with E-state index in [1.807, 2.05) is 121 Å². The Hall–Kier alpha value is -5.37. The highest BCUT2D eigenvalue weighted by Gasteiger charge is 2.41. The van der Waals surface area contributed by atoms with Crippen LogP contribution >= 0.6 is 0 Å². The molecule has 8 nitrogen and oxygen atoms in total. The van der Waals surface area contributed by atoms with E-state index < -0.39 is 60.9 Å². The van der Waals surface area contributed by atoms with Crippen LogP contribution in [0.2, 0.25) is 0 Å². The van der Waals surface area contributed by atoms with Gasteiger partial charge in [-0.25, -0.2) is 0 Å². The van der Waals surface area contributed by atoms with Crippen molar-refractivity contribution >= 4 is 29.5 Å². The lowest BCUT2D eigenvalue weighted by molar-refractivity contribution is -0.184. The third-order valence-electron chi connectivity index (χ3n) is 7.65. The zero-order chi connectivity index (χ0) is 33.8. The minimum atomic E-state index is -1.47. The van der Waals surface area contributed by atoms with Crippen molar-refractivity contribution in [2.45, 2.75) is 63.8 Å². The lowest BCUT2D eigenvalue weighted by Crippen LogP contribution is -2.47. The number of Topliss-reactive ketones (excluding diaryl/α,β-unsaturated/α-hetero) is 2. The van der Waals surface area contributed by atoms with Crippen LogP contribution in [-0.2, 0) is 38.2 Å². The number of carbonyl (C=O) groups is 5. The smallest absolute Gasteiger partial charge is 0.303 e. The van der Waals surface area contributed by atoms with Gasteiger partial charge in [-0.15, -0.1) is 0 Å². The molecule has 0 spiro atoms. The Morgan fingerprint density at radius 1 is 0.426 bits per heavy atom. The number of ketones is 2. The summed E-state index contributed by atoms with van der Waals surface area (Å²) < 4.78 is 16.9. The summed E-state index contributed by atoms with van der Waals surface area (Å²) in [5.74, 6) is -4.37. The van der Waals surface area contributed by atoms with E-state index >= 15 is 0 Å². The fourth-order valence-corrected chi connectivity index (χ4v) is 5.80. The summed E-state index contributed by atoms with van der Waals surface area (Å²) >= 11 is 0. The van der Waals surface area contributed by atoms with Gasteiger partial charge in [-0.05, 0) is 22.3 Å². The van der Waals surface area contributed by atoms with Gasteiger partial charge < -0.3 is 14.2 Å². The predicted molar refractivity (Wildman–Crippen MR) is 175 cm³/mol. The number of carbonyl (C=O) groups excluding carboxylic acids is 5. The van der Waals surface area contributed by atoms with E-state index in [9.17, 15) is 24.0 Å². The van der Waals surface area contributed by atoms with Crippen molar-refractivity contribution in [3.63, 3.8) is 0 Å². The molecule has 3 atom stereocenters. The lowest BCUT2D eigenvalue weighted by Gasteiger charge is -2.33. The van der Waals surface area contributed by atoms with Crippen LogP contribution in [0, 0.1) is 0 Å². The van der Waals surface area contributed by atoms with Gasteiger partial charge >= 0.3 is 17.9 Å². The molecule has 0 radical (unpaired) electrons. The average molecular weight is 635 g/mol. The summed E-state index contributed by atoms with van der Waals surface area (Å²) in [4.78, 5) is 65.7. The van der Waals surface area contributed by atoms with Gasteiger partial charge in [0.05, 0.1) is 11.8 Å². The molecule has 0 aliphatic heterocycles. The maximum Gasteiger partial charge on any atom is 0.303 e. The monoisotopic (exact) mass is 634 g/mol. The Balaban J connectivity index is 1.73. The molecular weight excluding hydrogens is 596 g/mol. The molecule has 0 bridgehead atoms. The Morgan fingerprint density at radius 3 is 0.915 bits per heavy atom. The van der Waals surface area contributed by atoms with Crippen LogP contribution in [-0.4, -0.2) is 47.8 Å². The molecule has 0 saturated heterocycles. The Bertz CT molecular complexity index is 1440. The third kappa shape index (κ3) is 9.81. The fraction of sp³-hybridized carbons (Fsp3) is 0.256. The number of hydrogen-bond donors (Lipinski definition) is 0. The van der Waals surface area contributed by atoms with Gasteiger partial charge in [0.2, 0.25) is 0 Å². The number of benzene rings is 4. The highest BCUT2D eigenvalue weighted by atomic mass is 16.6. The van der Waals surface area contributed by atoms with E-state index in [4.69, 9.17) is 14.2 Å². The minimum absolute atomic E-state index is 0.329. The molecule has 242 valence electrons. The Morgan fingerprint density at radius 2 is 0.681 bits per heavy atom. The predicted octanol–water partition coefficient (Wildman–Crippen LogP) is 6.36. The molecule has 0 aliphatic carbocycles. The molecule has 0 fully saturated rings. The summed E-state index contributed by atoms with van der Waals surface area (Å²) in [6.45, 7) is 3.49. The molecule has 0 aromatic heterocycles. The van der Waals surface area contributed by atoms with E-state index in [2.05, 4.69) is 0 Å². The summed E-state index contributed by atoms with van der Waals surface area (Å²) in [5, 5.41) is 0. The van der Waals surface area contributed by atoms with Gasteiger partial charge in [0.15, 0.2) is 6.10 Å². The third-order valence-corrected chi connectivity index (χ3v) is 7.65. The van der Waals surface area contributed by atoms with Gasteiger partial charge in [-0.2, -0.15) is 0 Å². The average Bonchev–Trinajstić information content (AvgIpc) is 3.05. The van der Waals surface area contributed by atoms with Crippen LogP contribution in [0.15, 0.2) is 121 Å². The van der Waals surface area contributed by atoms with E-state index in [1.165, 1.54) is 13.8 Å². The maximum absolute atomic E-state index is 14.2. The van der Waals surface area contributed by atoms with Crippen LogP contribution in [0.5, 0.6) is 0 Å². The maximum atomic E-state index is 14.2. The molecule has 0 amide bonds. The molecule has 4 aromatic carbocycles. The van der Waals surface area contributed by atoms with Crippen molar-refractivity contribution in [3.05, 3.63) is 144 Å². The van der Waals surface area contributed by atoms with Gasteiger partial charge in [0.1, 0.15) is 23.8 Å². The SMILES string of the molecule is CC(=O)OC([C@H](CC(=O)C(c1ccccc1)c1ccccc1)OC(C)=O)[C@@H](CC(=O)C(c1ccccc1)c1ccccc1)OC(C)=O. The van der Waals surface area contributed by atoms with Crippen LogP contribution in [0.25, 0.3) is 0 Å². The zero-order valence-electron chi connectivity index (χ0n) is 26.6. The standard InChI is InChI=1S/C39H38O8/c1-26(40)45-35(24-33(43)37(29-16-8-4-9-17-29)30-18-10-5-11-19-30)39(47-28(3)42)36(46-27(2)41)25-34(44)38(31-20-12-6-13-21-31)32-22-14-7-15-23-32/h4-23,35-39H,24-25H2,1-3H3/t35-,36+,39?. The zero-order valence-corrected chi connectivity index (χ0v) is 26.6. The number of ether oxygens (including phenoxy) is 3.